The average molecular weight is 394 g/mol. The number of amides is 1. The number of aliphatic imine (C=N–C) groups is 1. The maximum Gasteiger partial charge on any atom is 0.275 e. The summed E-state index contributed by atoms with van der Waals surface area (Å²) in [5.74, 6) is -0.166. The number of nitrogens with one attached hydrogen (secondary N) is 1. The minimum absolute atomic E-state index is 0.166. The SMILES string of the molecule is Cc1cc(Br)ccc1N=C1C(=O)Nc2ccc(Br)cc21. The van der Waals surface area contributed by atoms with E-state index in [1.54, 1.807) is 0 Å². The zero-order valence-corrected chi connectivity index (χ0v) is 13.7. The van der Waals surface area contributed by atoms with Crippen LogP contribution in [0.15, 0.2) is 50.3 Å². The molecule has 1 heterocycles. The van der Waals surface area contributed by atoms with Gasteiger partial charge in [-0.05, 0) is 48.9 Å². The van der Waals surface area contributed by atoms with Gasteiger partial charge in [-0.2, -0.15) is 0 Å². The fourth-order valence-electron chi connectivity index (χ4n) is 2.10. The van der Waals surface area contributed by atoms with Crippen LogP contribution in [0.25, 0.3) is 0 Å². The third-order valence-corrected chi connectivity index (χ3v) is 4.08. The van der Waals surface area contributed by atoms with Crippen LogP contribution >= 0.6 is 31.9 Å². The van der Waals surface area contributed by atoms with Crippen molar-refractivity contribution in [2.45, 2.75) is 6.92 Å². The molecule has 2 aromatic rings. The van der Waals surface area contributed by atoms with Crippen LogP contribution in [-0.2, 0) is 4.79 Å². The van der Waals surface area contributed by atoms with E-state index in [4.69, 9.17) is 0 Å². The van der Waals surface area contributed by atoms with Crippen LogP contribution in [0.2, 0.25) is 0 Å². The molecule has 0 atom stereocenters. The fraction of sp³-hybridized carbons (Fsp3) is 0.0667. The third-order valence-electron chi connectivity index (χ3n) is 3.09. The Morgan fingerprint density at radius 2 is 1.75 bits per heavy atom. The van der Waals surface area contributed by atoms with Crippen molar-refractivity contribution in [3.05, 3.63) is 56.5 Å². The van der Waals surface area contributed by atoms with Gasteiger partial charge in [-0.25, -0.2) is 4.99 Å². The van der Waals surface area contributed by atoms with Crippen molar-refractivity contribution in [3.63, 3.8) is 0 Å². The number of anilines is 1. The first-order chi connectivity index (χ1) is 9.54. The second-order valence-electron chi connectivity index (χ2n) is 4.54. The number of fused-ring (bicyclic) bond motifs is 1. The summed E-state index contributed by atoms with van der Waals surface area (Å²) in [5, 5.41) is 2.83. The van der Waals surface area contributed by atoms with Crippen LogP contribution in [0.3, 0.4) is 0 Å². The molecule has 3 rings (SSSR count). The molecule has 1 aliphatic rings. The summed E-state index contributed by atoms with van der Waals surface area (Å²) in [5.41, 5.74) is 3.89. The van der Waals surface area contributed by atoms with Crippen molar-refractivity contribution in [2.24, 2.45) is 4.99 Å². The van der Waals surface area contributed by atoms with Crippen LogP contribution in [0, 0.1) is 6.92 Å². The van der Waals surface area contributed by atoms with Gasteiger partial charge < -0.3 is 5.32 Å². The standard InChI is InChI=1S/C15H10Br2N2O/c1-8-6-9(16)2-4-12(8)18-14-11-7-10(17)3-5-13(11)19-15(14)20/h2-7H,1H3,(H,18,19,20). The zero-order valence-electron chi connectivity index (χ0n) is 10.6. The van der Waals surface area contributed by atoms with E-state index >= 15 is 0 Å². The lowest BCUT2D eigenvalue weighted by Crippen LogP contribution is -2.14. The van der Waals surface area contributed by atoms with Crippen molar-refractivity contribution < 1.29 is 4.79 Å². The van der Waals surface area contributed by atoms with Crippen molar-refractivity contribution >= 4 is 54.9 Å². The minimum atomic E-state index is -0.166. The summed E-state index contributed by atoms with van der Waals surface area (Å²) < 4.78 is 1.92. The van der Waals surface area contributed by atoms with E-state index in [1.807, 2.05) is 43.3 Å². The summed E-state index contributed by atoms with van der Waals surface area (Å²) in [4.78, 5) is 16.6. The van der Waals surface area contributed by atoms with Gasteiger partial charge in [0.15, 0.2) is 0 Å². The smallest absolute Gasteiger partial charge is 0.275 e. The van der Waals surface area contributed by atoms with Crippen LogP contribution in [0.1, 0.15) is 11.1 Å². The van der Waals surface area contributed by atoms with Gasteiger partial charge in [-0.3, -0.25) is 4.79 Å². The highest BCUT2D eigenvalue weighted by Gasteiger charge is 2.26. The highest BCUT2D eigenvalue weighted by atomic mass is 79.9. The number of rotatable bonds is 1. The van der Waals surface area contributed by atoms with E-state index in [0.717, 1.165) is 31.4 Å². The number of hydrogen-bond donors (Lipinski definition) is 1. The summed E-state index contributed by atoms with van der Waals surface area (Å²) in [6.07, 6.45) is 0. The molecule has 0 unspecified atom stereocenters. The Balaban J connectivity index is 2.13. The Hall–Kier alpha value is -1.46. The highest BCUT2D eigenvalue weighted by molar-refractivity contribution is 9.10. The van der Waals surface area contributed by atoms with Gasteiger partial charge in [0.1, 0.15) is 5.71 Å². The monoisotopic (exact) mass is 392 g/mol. The molecule has 5 heteroatoms. The molecule has 0 spiro atoms. The number of hydrogen-bond acceptors (Lipinski definition) is 2. The van der Waals surface area contributed by atoms with Gasteiger partial charge in [-0.1, -0.05) is 31.9 Å². The van der Waals surface area contributed by atoms with Crippen molar-refractivity contribution in [1.29, 1.82) is 0 Å². The van der Waals surface area contributed by atoms with Crippen molar-refractivity contribution in [3.8, 4) is 0 Å². The van der Waals surface area contributed by atoms with Crippen LogP contribution in [0.4, 0.5) is 11.4 Å². The van der Waals surface area contributed by atoms with E-state index in [2.05, 4.69) is 42.2 Å². The van der Waals surface area contributed by atoms with E-state index in [9.17, 15) is 4.79 Å². The lowest BCUT2D eigenvalue weighted by Gasteiger charge is -2.03. The lowest BCUT2D eigenvalue weighted by molar-refractivity contribution is -0.110. The van der Waals surface area contributed by atoms with Crippen molar-refractivity contribution in [2.75, 3.05) is 5.32 Å². The first-order valence-corrected chi connectivity index (χ1v) is 7.59. The summed E-state index contributed by atoms with van der Waals surface area (Å²) in [6.45, 7) is 1.97. The molecule has 0 saturated carbocycles. The van der Waals surface area contributed by atoms with Gasteiger partial charge in [0.25, 0.3) is 5.91 Å². The third kappa shape index (κ3) is 2.43. The van der Waals surface area contributed by atoms with Gasteiger partial charge in [0, 0.05) is 14.5 Å². The summed E-state index contributed by atoms with van der Waals surface area (Å²) >= 11 is 6.84. The fourth-order valence-corrected chi connectivity index (χ4v) is 2.94. The van der Waals surface area contributed by atoms with Gasteiger partial charge >= 0.3 is 0 Å². The van der Waals surface area contributed by atoms with Gasteiger partial charge in [0.05, 0.1) is 11.4 Å². The first kappa shape index (κ1) is 13.5. The molecule has 0 radical (unpaired) electrons. The second kappa shape index (κ2) is 5.14. The molecule has 1 amide bonds. The molecule has 1 aliphatic heterocycles. The molecule has 0 aliphatic carbocycles. The average Bonchev–Trinajstić information content (AvgIpc) is 2.69. The lowest BCUT2D eigenvalue weighted by atomic mass is 10.1. The Kier molecular flexibility index (Phi) is 3.48. The molecule has 2 aromatic carbocycles. The largest absolute Gasteiger partial charge is 0.320 e. The molecule has 0 aromatic heterocycles. The molecular formula is C15H10Br2N2O. The van der Waals surface area contributed by atoms with Crippen LogP contribution in [-0.4, -0.2) is 11.6 Å². The highest BCUT2D eigenvalue weighted by Crippen LogP contribution is 2.30. The van der Waals surface area contributed by atoms with E-state index < -0.39 is 0 Å². The first-order valence-electron chi connectivity index (χ1n) is 6.01. The molecular weight excluding hydrogens is 384 g/mol. The Morgan fingerprint density at radius 3 is 2.50 bits per heavy atom. The number of benzene rings is 2. The maximum atomic E-state index is 12.1. The van der Waals surface area contributed by atoms with E-state index in [-0.39, 0.29) is 5.91 Å². The second-order valence-corrected chi connectivity index (χ2v) is 6.37. The molecule has 0 saturated heterocycles. The molecule has 3 nitrogen and oxygen atoms in total. The zero-order chi connectivity index (χ0) is 14.3. The molecule has 0 bridgehead atoms. The molecule has 1 N–H and O–H groups in total. The molecule has 0 fully saturated rings. The summed E-state index contributed by atoms with van der Waals surface area (Å²) in [7, 11) is 0. The van der Waals surface area contributed by atoms with Crippen LogP contribution in [0.5, 0.6) is 0 Å². The predicted octanol–water partition coefficient (Wildman–Crippen LogP) is 4.59. The number of carbonyl (C=O) groups excluding carboxylic acids is 1. The van der Waals surface area contributed by atoms with E-state index in [1.165, 1.54) is 0 Å². The van der Waals surface area contributed by atoms with Gasteiger partial charge in [-0.15, -0.1) is 0 Å². The Labute approximate surface area is 133 Å². The van der Waals surface area contributed by atoms with Crippen molar-refractivity contribution in [1.82, 2.24) is 0 Å². The number of aryl methyl sites for hydroxylation is 1. The van der Waals surface area contributed by atoms with Gasteiger partial charge in [0.2, 0.25) is 0 Å². The summed E-state index contributed by atoms with van der Waals surface area (Å²) in [6, 6.07) is 11.5. The quantitative estimate of drug-likeness (QED) is 0.756. The number of carbonyl (C=O) groups is 1. The minimum Gasteiger partial charge on any atom is -0.320 e. The Morgan fingerprint density at radius 1 is 1.05 bits per heavy atom. The van der Waals surface area contributed by atoms with Crippen LogP contribution < -0.4 is 5.32 Å². The molecule has 100 valence electrons. The predicted molar refractivity (Wildman–Crippen MR) is 87.8 cm³/mol. The van der Waals surface area contributed by atoms with E-state index in [0.29, 0.717) is 5.71 Å². The maximum absolute atomic E-state index is 12.1. The Bertz CT molecular complexity index is 754. The molecule has 20 heavy (non-hydrogen) atoms. The topological polar surface area (TPSA) is 41.5 Å². The normalized spacial score (nSPS) is 15.3. The number of halogens is 2. The number of nitrogens with zero attached hydrogens (tertiary/aromatic N) is 1.